The highest BCUT2D eigenvalue weighted by molar-refractivity contribution is 7.10. The number of hydrogen-bond acceptors (Lipinski definition) is 3. The molecule has 1 saturated carbocycles. The van der Waals surface area contributed by atoms with Gasteiger partial charge in [0, 0.05) is 10.9 Å². The van der Waals surface area contributed by atoms with Crippen LogP contribution in [0.15, 0.2) is 17.5 Å². The molecule has 17 heavy (non-hydrogen) atoms. The molecule has 2 atom stereocenters. The van der Waals surface area contributed by atoms with E-state index in [2.05, 4.69) is 17.5 Å². The summed E-state index contributed by atoms with van der Waals surface area (Å²) in [5.74, 6) is 0.755. The molecule has 1 fully saturated rings. The second kappa shape index (κ2) is 6.53. The van der Waals surface area contributed by atoms with Crippen LogP contribution < -0.4 is 5.73 Å². The lowest BCUT2D eigenvalue weighted by atomic mass is 9.90. The first kappa shape index (κ1) is 13.1. The zero-order valence-electron chi connectivity index (χ0n) is 10.6. The fourth-order valence-corrected chi connectivity index (χ4v) is 3.43. The Balaban J connectivity index is 1.85. The van der Waals surface area contributed by atoms with Gasteiger partial charge in [0.1, 0.15) is 6.10 Å². The summed E-state index contributed by atoms with van der Waals surface area (Å²) in [7, 11) is 0. The molecule has 1 heterocycles. The molecule has 1 aliphatic carbocycles. The second-order valence-corrected chi connectivity index (χ2v) is 6.11. The molecule has 0 amide bonds. The summed E-state index contributed by atoms with van der Waals surface area (Å²) < 4.78 is 6.07. The Bertz CT molecular complexity index is 304. The van der Waals surface area contributed by atoms with Crippen LogP contribution in [-0.4, -0.2) is 12.6 Å². The predicted molar refractivity (Wildman–Crippen MR) is 73.2 cm³/mol. The van der Waals surface area contributed by atoms with Crippen LogP contribution >= 0.6 is 11.3 Å². The number of nitrogens with two attached hydrogens (primary N) is 1. The highest BCUT2D eigenvalue weighted by Gasteiger charge is 2.21. The van der Waals surface area contributed by atoms with Crippen LogP contribution in [-0.2, 0) is 4.74 Å². The van der Waals surface area contributed by atoms with E-state index in [1.54, 1.807) is 11.3 Å². The van der Waals surface area contributed by atoms with Crippen molar-refractivity contribution in [1.82, 2.24) is 0 Å². The fourth-order valence-electron chi connectivity index (χ4n) is 2.54. The number of hydrogen-bond donors (Lipinski definition) is 1. The normalized spacial score (nSPS) is 21.3. The first-order chi connectivity index (χ1) is 8.27. The van der Waals surface area contributed by atoms with Gasteiger partial charge in [-0.05, 0) is 37.1 Å². The highest BCUT2D eigenvalue weighted by Crippen LogP contribution is 2.29. The minimum atomic E-state index is 0.0669. The summed E-state index contributed by atoms with van der Waals surface area (Å²) in [4.78, 5) is 1.26. The minimum absolute atomic E-state index is 0.0669. The maximum absolute atomic E-state index is 6.07. The zero-order valence-corrected chi connectivity index (χ0v) is 11.4. The molecule has 0 spiro atoms. The maximum Gasteiger partial charge on any atom is 0.106 e. The Morgan fingerprint density at radius 3 is 2.76 bits per heavy atom. The van der Waals surface area contributed by atoms with E-state index in [1.807, 2.05) is 6.92 Å². The van der Waals surface area contributed by atoms with Gasteiger partial charge < -0.3 is 10.5 Å². The van der Waals surface area contributed by atoms with Crippen molar-refractivity contribution in [2.45, 2.75) is 51.2 Å². The molecule has 1 aromatic rings. The number of thiophene rings is 1. The van der Waals surface area contributed by atoms with Crippen molar-refractivity contribution >= 4 is 11.3 Å². The van der Waals surface area contributed by atoms with Crippen molar-refractivity contribution in [2.75, 3.05) is 6.61 Å². The standard InChI is InChI=1S/C14H23NOS/c1-11(15)14(13-8-5-9-17-13)16-10-12-6-3-2-4-7-12/h5,8-9,11-12,14H,2-4,6-7,10,15H2,1H3. The van der Waals surface area contributed by atoms with Gasteiger partial charge in [0.2, 0.25) is 0 Å². The average molecular weight is 253 g/mol. The Kier molecular flexibility index (Phi) is 5.01. The van der Waals surface area contributed by atoms with Crippen molar-refractivity contribution in [3.05, 3.63) is 22.4 Å². The molecule has 0 saturated heterocycles. The van der Waals surface area contributed by atoms with E-state index >= 15 is 0 Å². The predicted octanol–water partition coefficient (Wildman–Crippen LogP) is 3.73. The molecule has 1 aliphatic rings. The van der Waals surface area contributed by atoms with E-state index in [9.17, 15) is 0 Å². The van der Waals surface area contributed by atoms with E-state index in [4.69, 9.17) is 10.5 Å². The van der Waals surface area contributed by atoms with Gasteiger partial charge >= 0.3 is 0 Å². The van der Waals surface area contributed by atoms with E-state index in [1.165, 1.54) is 37.0 Å². The van der Waals surface area contributed by atoms with Crippen molar-refractivity contribution in [1.29, 1.82) is 0 Å². The van der Waals surface area contributed by atoms with Crippen molar-refractivity contribution in [3.63, 3.8) is 0 Å². The molecule has 1 aromatic heterocycles. The lowest BCUT2D eigenvalue weighted by Gasteiger charge is -2.26. The molecule has 0 aromatic carbocycles. The van der Waals surface area contributed by atoms with Crippen LogP contribution in [0.25, 0.3) is 0 Å². The zero-order chi connectivity index (χ0) is 12.1. The van der Waals surface area contributed by atoms with Gasteiger partial charge in [0.15, 0.2) is 0 Å². The van der Waals surface area contributed by atoms with Crippen LogP contribution in [0.1, 0.15) is 50.0 Å². The third kappa shape index (κ3) is 3.80. The Morgan fingerprint density at radius 2 is 2.18 bits per heavy atom. The van der Waals surface area contributed by atoms with E-state index < -0.39 is 0 Å². The summed E-state index contributed by atoms with van der Waals surface area (Å²) in [6, 6.07) is 4.26. The molecular formula is C14H23NOS. The molecule has 2 unspecified atom stereocenters. The number of ether oxygens (including phenoxy) is 1. The van der Waals surface area contributed by atoms with Crippen molar-refractivity contribution < 1.29 is 4.74 Å². The van der Waals surface area contributed by atoms with Gasteiger partial charge in [0.25, 0.3) is 0 Å². The lowest BCUT2D eigenvalue weighted by molar-refractivity contribution is 0.0102. The van der Waals surface area contributed by atoms with E-state index in [-0.39, 0.29) is 12.1 Å². The molecule has 2 rings (SSSR count). The second-order valence-electron chi connectivity index (χ2n) is 5.13. The van der Waals surface area contributed by atoms with Crippen LogP contribution in [0.3, 0.4) is 0 Å². The monoisotopic (exact) mass is 253 g/mol. The quantitative estimate of drug-likeness (QED) is 0.867. The molecular weight excluding hydrogens is 230 g/mol. The van der Waals surface area contributed by atoms with Gasteiger partial charge in [0.05, 0.1) is 6.61 Å². The van der Waals surface area contributed by atoms with Crippen LogP contribution in [0.4, 0.5) is 0 Å². The largest absolute Gasteiger partial charge is 0.371 e. The van der Waals surface area contributed by atoms with Crippen LogP contribution in [0, 0.1) is 5.92 Å². The third-order valence-corrected chi connectivity index (χ3v) is 4.47. The molecule has 2 N–H and O–H groups in total. The number of rotatable bonds is 5. The molecule has 96 valence electrons. The van der Waals surface area contributed by atoms with Gasteiger partial charge in [-0.25, -0.2) is 0 Å². The van der Waals surface area contributed by atoms with Crippen molar-refractivity contribution in [2.24, 2.45) is 11.7 Å². The summed E-state index contributed by atoms with van der Waals surface area (Å²) in [5, 5.41) is 2.09. The third-order valence-electron chi connectivity index (χ3n) is 3.54. The lowest BCUT2D eigenvalue weighted by Crippen LogP contribution is -2.28. The topological polar surface area (TPSA) is 35.2 Å². The molecule has 2 nitrogen and oxygen atoms in total. The average Bonchev–Trinajstić information content (AvgIpc) is 2.84. The van der Waals surface area contributed by atoms with Crippen LogP contribution in [0.2, 0.25) is 0 Å². The molecule has 0 aliphatic heterocycles. The summed E-state index contributed by atoms with van der Waals surface area (Å²) >= 11 is 1.74. The van der Waals surface area contributed by atoms with Crippen molar-refractivity contribution in [3.8, 4) is 0 Å². The van der Waals surface area contributed by atoms with Gasteiger partial charge in [-0.15, -0.1) is 11.3 Å². The Hall–Kier alpha value is -0.380. The first-order valence-electron chi connectivity index (χ1n) is 6.68. The Morgan fingerprint density at radius 1 is 1.41 bits per heavy atom. The van der Waals surface area contributed by atoms with E-state index in [0.29, 0.717) is 0 Å². The minimum Gasteiger partial charge on any atom is -0.371 e. The van der Waals surface area contributed by atoms with Gasteiger partial charge in [-0.3, -0.25) is 0 Å². The van der Waals surface area contributed by atoms with E-state index in [0.717, 1.165) is 12.5 Å². The summed E-state index contributed by atoms with van der Waals surface area (Å²) in [5.41, 5.74) is 6.03. The molecule has 0 bridgehead atoms. The first-order valence-corrected chi connectivity index (χ1v) is 7.56. The summed E-state index contributed by atoms with van der Waals surface area (Å²) in [6.07, 6.45) is 6.88. The highest BCUT2D eigenvalue weighted by atomic mass is 32.1. The summed E-state index contributed by atoms with van der Waals surface area (Å²) in [6.45, 7) is 2.91. The molecule has 3 heteroatoms. The van der Waals surface area contributed by atoms with Crippen LogP contribution in [0.5, 0.6) is 0 Å². The smallest absolute Gasteiger partial charge is 0.106 e. The maximum atomic E-state index is 6.07. The SMILES string of the molecule is CC(N)C(OCC1CCCCC1)c1cccs1. The fraction of sp³-hybridized carbons (Fsp3) is 0.714. The van der Waals surface area contributed by atoms with Gasteiger partial charge in [-0.1, -0.05) is 25.3 Å². The Labute approximate surface area is 108 Å². The van der Waals surface area contributed by atoms with Gasteiger partial charge in [-0.2, -0.15) is 0 Å². The molecule has 0 radical (unpaired) electrons.